The minimum Gasteiger partial charge on any atom is -0.481 e. The van der Waals surface area contributed by atoms with Crippen LogP contribution in [0.3, 0.4) is 0 Å². The maximum absolute atomic E-state index is 12.5. The SMILES string of the molecule is CC(=O)NC1CCN(S(=O)(=O)C2CCCC2C(=O)O)C1. The summed E-state index contributed by atoms with van der Waals surface area (Å²) in [7, 11) is -3.60. The number of nitrogens with zero attached hydrogens (tertiary/aromatic N) is 1. The quantitative estimate of drug-likeness (QED) is 0.747. The van der Waals surface area contributed by atoms with E-state index in [9.17, 15) is 18.0 Å². The molecular weight excluding hydrogens is 284 g/mol. The van der Waals surface area contributed by atoms with Crippen LogP contribution in [0.5, 0.6) is 0 Å². The Bertz CT molecular complexity index is 504. The van der Waals surface area contributed by atoms with Gasteiger partial charge in [-0.3, -0.25) is 9.59 Å². The maximum atomic E-state index is 12.5. The third kappa shape index (κ3) is 2.95. The molecule has 1 aliphatic heterocycles. The van der Waals surface area contributed by atoms with Gasteiger partial charge >= 0.3 is 5.97 Å². The molecule has 0 aromatic rings. The summed E-state index contributed by atoms with van der Waals surface area (Å²) >= 11 is 0. The predicted octanol–water partition coefficient (Wildman–Crippen LogP) is -0.220. The topological polar surface area (TPSA) is 104 Å². The molecule has 1 saturated carbocycles. The highest BCUT2D eigenvalue weighted by molar-refractivity contribution is 7.89. The summed E-state index contributed by atoms with van der Waals surface area (Å²) in [5.41, 5.74) is 0. The highest BCUT2D eigenvalue weighted by Gasteiger charge is 2.45. The molecule has 114 valence electrons. The lowest BCUT2D eigenvalue weighted by Crippen LogP contribution is -2.43. The van der Waals surface area contributed by atoms with Crippen LogP contribution in [-0.4, -0.2) is 54.1 Å². The first kappa shape index (κ1) is 15.2. The van der Waals surface area contributed by atoms with Crippen LogP contribution in [0.2, 0.25) is 0 Å². The van der Waals surface area contributed by atoms with E-state index in [2.05, 4.69) is 5.32 Å². The minimum absolute atomic E-state index is 0.174. The van der Waals surface area contributed by atoms with E-state index < -0.39 is 27.2 Å². The molecule has 1 heterocycles. The minimum atomic E-state index is -3.60. The monoisotopic (exact) mass is 304 g/mol. The summed E-state index contributed by atoms with van der Waals surface area (Å²) in [4.78, 5) is 22.1. The van der Waals surface area contributed by atoms with Crippen molar-refractivity contribution in [3.05, 3.63) is 0 Å². The van der Waals surface area contributed by atoms with Gasteiger partial charge in [-0.05, 0) is 19.3 Å². The van der Waals surface area contributed by atoms with Crippen LogP contribution in [0.15, 0.2) is 0 Å². The molecule has 1 aliphatic carbocycles. The largest absolute Gasteiger partial charge is 0.481 e. The summed E-state index contributed by atoms with van der Waals surface area (Å²) in [6.07, 6.45) is 2.02. The predicted molar refractivity (Wildman–Crippen MR) is 71.5 cm³/mol. The van der Waals surface area contributed by atoms with Crippen molar-refractivity contribution >= 4 is 21.9 Å². The Kier molecular flexibility index (Phi) is 4.33. The van der Waals surface area contributed by atoms with Gasteiger partial charge in [-0.25, -0.2) is 8.42 Å². The Hall–Kier alpha value is -1.15. The van der Waals surface area contributed by atoms with E-state index in [1.165, 1.54) is 11.2 Å². The Morgan fingerprint density at radius 3 is 2.55 bits per heavy atom. The van der Waals surface area contributed by atoms with Crippen LogP contribution in [0.4, 0.5) is 0 Å². The van der Waals surface area contributed by atoms with Crippen molar-refractivity contribution in [3.63, 3.8) is 0 Å². The molecule has 1 saturated heterocycles. The number of carbonyl (C=O) groups is 2. The molecular formula is C12H20N2O5S. The molecule has 7 nitrogen and oxygen atoms in total. The molecule has 0 bridgehead atoms. The molecule has 2 rings (SSSR count). The van der Waals surface area contributed by atoms with E-state index >= 15 is 0 Å². The highest BCUT2D eigenvalue weighted by atomic mass is 32.2. The van der Waals surface area contributed by atoms with Gasteiger partial charge in [-0.2, -0.15) is 4.31 Å². The third-order valence-electron chi connectivity index (χ3n) is 4.07. The summed E-state index contributed by atoms with van der Waals surface area (Å²) < 4.78 is 26.4. The van der Waals surface area contributed by atoms with Crippen LogP contribution in [-0.2, 0) is 19.6 Å². The van der Waals surface area contributed by atoms with Gasteiger partial charge in [0.05, 0.1) is 11.2 Å². The number of carboxylic acids is 1. The first-order valence-corrected chi connectivity index (χ1v) is 8.31. The number of aliphatic carboxylic acids is 1. The van der Waals surface area contributed by atoms with Crippen molar-refractivity contribution < 1.29 is 23.1 Å². The molecule has 8 heteroatoms. The van der Waals surface area contributed by atoms with Gasteiger partial charge in [0.2, 0.25) is 15.9 Å². The molecule has 0 radical (unpaired) electrons. The number of nitrogens with one attached hydrogen (secondary N) is 1. The van der Waals surface area contributed by atoms with Gasteiger partial charge in [0.25, 0.3) is 0 Å². The number of carboxylic acid groups (broad SMARTS) is 1. The Labute approximate surface area is 118 Å². The molecule has 0 aromatic heterocycles. The summed E-state index contributed by atoms with van der Waals surface area (Å²) in [5, 5.41) is 11.0. The van der Waals surface area contributed by atoms with Crippen molar-refractivity contribution in [2.24, 2.45) is 5.92 Å². The van der Waals surface area contributed by atoms with Crippen LogP contribution in [0.1, 0.15) is 32.6 Å². The van der Waals surface area contributed by atoms with Crippen LogP contribution < -0.4 is 5.32 Å². The zero-order valence-electron chi connectivity index (χ0n) is 11.4. The van der Waals surface area contributed by atoms with Gasteiger partial charge < -0.3 is 10.4 Å². The smallest absolute Gasteiger partial charge is 0.307 e. The van der Waals surface area contributed by atoms with Gasteiger partial charge in [-0.1, -0.05) is 6.42 Å². The first-order valence-electron chi connectivity index (χ1n) is 6.81. The van der Waals surface area contributed by atoms with Gasteiger partial charge in [-0.15, -0.1) is 0 Å². The normalized spacial score (nSPS) is 31.4. The van der Waals surface area contributed by atoms with Crippen LogP contribution in [0.25, 0.3) is 0 Å². The molecule has 0 spiro atoms. The van der Waals surface area contributed by atoms with E-state index in [0.29, 0.717) is 32.2 Å². The number of sulfonamides is 1. The number of amides is 1. The van der Waals surface area contributed by atoms with Crippen LogP contribution >= 0.6 is 0 Å². The lowest BCUT2D eigenvalue weighted by Gasteiger charge is -2.23. The molecule has 1 amide bonds. The summed E-state index contributed by atoms with van der Waals surface area (Å²) in [6.45, 7) is 1.98. The zero-order chi connectivity index (χ0) is 14.9. The molecule has 0 aromatic carbocycles. The molecule has 3 atom stereocenters. The van der Waals surface area contributed by atoms with E-state index in [4.69, 9.17) is 5.11 Å². The van der Waals surface area contributed by atoms with Crippen molar-refractivity contribution in [3.8, 4) is 0 Å². The van der Waals surface area contributed by atoms with Gasteiger partial charge in [0.15, 0.2) is 0 Å². The fourth-order valence-electron chi connectivity index (χ4n) is 3.12. The van der Waals surface area contributed by atoms with E-state index in [-0.39, 0.29) is 18.5 Å². The van der Waals surface area contributed by atoms with Crippen molar-refractivity contribution in [2.45, 2.75) is 43.9 Å². The van der Waals surface area contributed by atoms with Crippen molar-refractivity contribution in [1.82, 2.24) is 9.62 Å². The third-order valence-corrected chi connectivity index (χ3v) is 6.45. The Balaban J connectivity index is 2.08. The first-order chi connectivity index (χ1) is 9.32. The molecule has 2 fully saturated rings. The number of hydrogen-bond acceptors (Lipinski definition) is 4. The zero-order valence-corrected chi connectivity index (χ0v) is 12.2. The molecule has 2 aliphatic rings. The average molecular weight is 304 g/mol. The number of rotatable bonds is 4. The lowest BCUT2D eigenvalue weighted by molar-refractivity contribution is -0.141. The van der Waals surface area contributed by atoms with E-state index in [0.717, 1.165) is 0 Å². The Morgan fingerprint density at radius 2 is 1.95 bits per heavy atom. The van der Waals surface area contributed by atoms with E-state index in [1.807, 2.05) is 0 Å². The molecule has 20 heavy (non-hydrogen) atoms. The van der Waals surface area contributed by atoms with Crippen molar-refractivity contribution in [2.75, 3.05) is 13.1 Å². The van der Waals surface area contributed by atoms with Gasteiger partial charge in [0.1, 0.15) is 0 Å². The lowest BCUT2D eigenvalue weighted by atomic mass is 10.1. The van der Waals surface area contributed by atoms with Crippen LogP contribution in [0, 0.1) is 5.92 Å². The fraction of sp³-hybridized carbons (Fsp3) is 0.833. The average Bonchev–Trinajstić information content (AvgIpc) is 2.95. The number of hydrogen-bond donors (Lipinski definition) is 2. The highest BCUT2D eigenvalue weighted by Crippen LogP contribution is 2.34. The summed E-state index contributed by atoms with van der Waals surface area (Å²) in [6, 6.07) is -0.174. The second-order valence-corrected chi connectivity index (χ2v) is 7.66. The Morgan fingerprint density at radius 1 is 1.25 bits per heavy atom. The standard InChI is InChI=1S/C12H20N2O5S/c1-8(15)13-9-5-6-14(7-9)20(18,19)11-4-2-3-10(11)12(16)17/h9-11H,2-7H2,1H3,(H,13,15)(H,16,17). The number of carbonyl (C=O) groups excluding carboxylic acids is 1. The molecule has 2 N–H and O–H groups in total. The van der Waals surface area contributed by atoms with Crippen molar-refractivity contribution in [1.29, 1.82) is 0 Å². The second-order valence-electron chi connectivity index (χ2n) is 5.50. The summed E-state index contributed by atoms with van der Waals surface area (Å²) in [5.74, 6) is -2.02. The van der Waals surface area contributed by atoms with Gasteiger partial charge in [0, 0.05) is 26.1 Å². The second kappa shape index (κ2) is 5.69. The maximum Gasteiger partial charge on any atom is 0.307 e. The molecule has 3 unspecified atom stereocenters. The van der Waals surface area contributed by atoms with E-state index in [1.54, 1.807) is 0 Å². The fourth-order valence-corrected chi connectivity index (χ4v) is 5.38.